The van der Waals surface area contributed by atoms with Crippen LogP contribution in [0.3, 0.4) is 0 Å². The molecule has 1 aromatic rings. The first-order valence-electron chi connectivity index (χ1n) is 4.94. The van der Waals surface area contributed by atoms with Crippen molar-refractivity contribution in [2.75, 3.05) is 18.9 Å². The number of rotatable bonds is 6. The van der Waals surface area contributed by atoms with E-state index in [2.05, 4.69) is 4.74 Å². The predicted octanol–water partition coefficient (Wildman–Crippen LogP) is 0.665. The molecule has 0 aliphatic carbocycles. The number of nitrogens with two attached hydrogens (primary N) is 1. The molecule has 0 unspecified atom stereocenters. The summed E-state index contributed by atoms with van der Waals surface area (Å²) in [6, 6.07) is 6.74. The number of esters is 1. The number of hydrogen-bond donors (Lipinski definition) is 2. The van der Waals surface area contributed by atoms with Gasteiger partial charge in [-0.1, -0.05) is 12.1 Å². The molecule has 0 fully saturated rings. The van der Waals surface area contributed by atoms with Gasteiger partial charge in [0.25, 0.3) is 0 Å². The highest BCUT2D eigenvalue weighted by atomic mass is 16.6. The Hall–Kier alpha value is -2.24. The maximum absolute atomic E-state index is 11.1. The topological polar surface area (TPSA) is 98.9 Å². The fourth-order valence-corrected chi connectivity index (χ4v) is 1.04. The number of anilines is 1. The lowest BCUT2D eigenvalue weighted by atomic mass is 10.3. The molecule has 0 aliphatic heterocycles. The number of nitrogen functional groups attached to an aromatic ring is 1. The summed E-state index contributed by atoms with van der Waals surface area (Å²) in [5.74, 6) is -1.26. The third kappa shape index (κ3) is 4.87. The smallest absolute Gasteiger partial charge is 0.344 e. The molecule has 0 spiro atoms. The first-order chi connectivity index (χ1) is 8.09. The largest absolute Gasteiger partial charge is 0.481 e. The van der Waals surface area contributed by atoms with Crippen molar-refractivity contribution in [3.63, 3.8) is 0 Å². The van der Waals surface area contributed by atoms with Gasteiger partial charge in [-0.05, 0) is 12.1 Å². The van der Waals surface area contributed by atoms with Gasteiger partial charge in [0.2, 0.25) is 0 Å². The number of carbonyl (C=O) groups excluding carboxylic acids is 1. The van der Waals surface area contributed by atoms with E-state index < -0.39 is 11.9 Å². The summed E-state index contributed by atoms with van der Waals surface area (Å²) in [4.78, 5) is 21.3. The number of benzene rings is 1. The van der Waals surface area contributed by atoms with E-state index in [-0.39, 0.29) is 19.6 Å². The van der Waals surface area contributed by atoms with E-state index >= 15 is 0 Å². The monoisotopic (exact) mass is 239 g/mol. The van der Waals surface area contributed by atoms with Crippen LogP contribution in [0.4, 0.5) is 5.69 Å². The molecule has 0 amide bonds. The van der Waals surface area contributed by atoms with Gasteiger partial charge in [-0.3, -0.25) is 4.79 Å². The van der Waals surface area contributed by atoms with Gasteiger partial charge in [-0.2, -0.15) is 0 Å². The third-order valence-corrected chi connectivity index (χ3v) is 1.84. The fourth-order valence-electron chi connectivity index (χ4n) is 1.04. The second-order valence-electron chi connectivity index (χ2n) is 3.19. The molecular formula is C11H13NO5. The molecule has 6 nitrogen and oxygen atoms in total. The molecule has 0 aliphatic rings. The van der Waals surface area contributed by atoms with Crippen molar-refractivity contribution in [1.29, 1.82) is 0 Å². The molecule has 0 atom stereocenters. The third-order valence-electron chi connectivity index (χ3n) is 1.84. The first kappa shape index (κ1) is 12.8. The molecule has 6 heteroatoms. The van der Waals surface area contributed by atoms with E-state index in [9.17, 15) is 9.59 Å². The first-order valence-corrected chi connectivity index (χ1v) is 4.94. The zero-order valence-corrected chi connectivity index (χ0v) is 9.09. The van der Waals surface area contributed by atoms with E-state index in [1.807, 2.05) is 0 Å². The minimum atomic E-state index is -1.02. The molecule has 17 heavy (non-hydrogen) atoms. The summed E-state index contributed by atoms with van der Waals surface area (Å²) in [5.41, 5.74) is 6.01. The minimum Gasteiger partial charge on any atom is -0.481 e. The van der Waals surface area contributed by atoms with Gasteiger partial charge < -0.3 is 20.3 Å². The number of ether oxygens (including phenoxy) is 2. The van der Waals surface area contributed by atoms with Crippen LogP contribution in [-0.4, -0.2) is 30.3 Å². The second kappa shape index (κ2) is 6.37. The van der Waals surface area contributed by atoms with Crippen molar-refractivity contribution in [1.82, 2.24) is 0 Å². The number of carboxylic acids is 1. The van der Waals surface area contributed by atoms with E-state index in [0.29, 0.717) is 11.4 Å². The quantitative estimate of drug-likeness (QED) is 0.559. The minimum absolute atomic E-state index is 0.165. The lowest BCUT2D eigenvalue weighted by Crippen LogP contribution is -2.17. The zero-order chi connectivity index (χ0) is 12.7. The van der Waals surface area contributed by atoms with Gasteiger partial charge in [-0.15, -0.1) is 0 Å². The predicted molar refractivity (Wildman–Crippen MR) is 59.6 cm³/mol. The summed E-state index contributed by atoms with van der Waals surface area (Å²) in [6.45, 7) is -0.463. The lowest BCUT2D eigenvalue weighted by molar-refractivity contribution is -0.148. The van der Waals surface area contributed by atoms with Crippen LogP contribution in [-0.2, 0) is 14.3 Å². The van der Waals surface area contributed by atoms with E-state index in [1.54, 1.807) is 24.3 Å². The molecule has 92 valence electrons. The van der Waals surface area contributed by atoms with E-state index in [1.165, 1.54) is 0 Å². The number of para-hydroxylation sites is 2. The summed E-state index contributed by atoms with van der Waals surface area (Å²) in [7, 11) is 0. The van der Waals surface area contributed by atoms with Gasteiger partial charge in [0.1, 0.15) is 12.4 Å². The van der Waals surface area contributed by atoms with Crippen LogP contribution >= 0.6 is 0 Å². The average Bonchev–Trinajstić information content (AvgIpc) is 2.27. The second-order valence-corrected chi connectivity index (χ2v) is 3.19. The normalized spacial score (nSPS) is 9.65. The number of hydrogen-bond acceptors (Lipinski definition) is 5. The number of aliphatic carboxylic acids is 1. The van der Waals surface area contributed by atoms with E-state index in [4.69, 9.17) is 15.6 Å². The van der Waals surface area contributed by atoms with Crippen molar-refractivity contribution in [3.05, 3.63) is 24.3 Å². The van der Waals surface area contributed by atoms with E-state index in [0.717, 1.165) is 0 Å². The van der Waals surface area contributed by atoms with Crippen molar-refractivity contribution >= 4 is 17.6 Å². The van der Waals surface area contributed by atoms with Gasteiger partial charge in [0.15, 0.2) is 6.61 Å². The average molecular weight is 239 g/mol. The number of carbonyl (C=O) groups is 2. The maximum atomic E-state index is 11.1. The van der Waals surface area contributed by atoms with Crippen LogP contribution < -0.4 is 10.5 Å². The van der Waals surface area contributed by atoms with Crippen molar-refractivity contribution in [2.45, 2.75) is 6.42 Å². The van der Waals surface area contributed by atoms with Crippen LogP contribution in [0.2, 0.25) is 0 Å². The zero-order valence-electron chi connectivity index (χ0n) is 9.09. The molecular weight excluding hydrogens is 226 g/mol. The Balaban J connectivity index is 2.29. The van der Waals surface area contributed by atoms with Crippen LogP contribution in [0.25, 0.3) is 0 Å². The molecule has 1 rings (SSSR count). The summed E-state index contributed by atoms with van der Waals surface area (Å²) >= 11 is 0. The van der Waals surface area contributed by atoms with Crippen molar-refractivity contribution < 1.29 is 24.2 Å². The highest BCUT2D eigenvalue weighted by Crippen LogP contribution is 2.19. The highest BCUT2D eigenvalue weighted by Gasteiger charge is 2.07. The molecule has 0 saturated carbocycles. The van der Waals surface area contributed by atoms with Gasteiger partial charge in [0.05, 0.1) is 12.1 Å². The maximum Gasteiger partial charge on any atom is 0.344 e. The summed E-state index contributed by atoms with van der Waals surface area (Å²) < 4.78 is 9.74. The molecule has 0 saturated heterocycles. The molecule has 0 bridgehead atoms. The Morgan fingerprint density at radius 2 is 2.00 bits per heavy atom. The molecule has 0 radical (unpaired) electrons. The molecule has 0 heterocycles. The number of carboxylic acid groups (broad SMARTS) is 1. The summed E-state index contributed by atoms with van der Waals surface area (Å²) in [5, 5.41) is 8.33. The molecule has 3 N–H and O–H groups in total. The highest BCUT2D eigenvalue weighted by molar-refractivity contribution is 5.72. The van der Waals surface area contributed by atoms with Gasteiger partial charge in [0, 0.05) is 0 Å². The Bertz CT molecular complexity index is 405. The van der Waals surface area contributed by atoms with Crippen LogP contribution in [0.15, 0.2) is 24.3 Å². The van der Waals surface area contributed by atoms with Crippen LogP contribution in [0, 0.1) is 0 Å². The Labute approximate surface area is 97.9 Å². The summed E-state index contributed by atoms with van der Waals surface area (Å²) in [6.07, 6.45) is -0.223. The Morgan fingerprint density at radius 1 is 1.29 bits per heavy atom. The SMILES string of the molecule is Nc1ccccc1OCC(=O)OCCC(=O)O. The van der Waals surface area contributed by atoms with Gasteiger partial charge in [-0.25, -0.2) is 4.79 Å². The Morgan fingerprint density at radius 3 is 2.65 bits per heavy atom. The lowest BCUT2D eigenvalue weighted by Gasteiger charge is -2.07. The fraction of sp³-hybridized carbons (Fsp3) is 0.273. The van der Waals surface area contributed by atoms with Crippen LogP contribution in [0.5, 0.6) is 5.75 Å². The van der Waals surface area contributed by atoms with Crippen molar-refractivity contribution in [2.24, 2.45) is 0 Å². The van der Waals surface area contributed by atoms with Gasteiger partial charge >= 0.3 is 11.9 Å². The van der Waals surface area contributed by atoms with Crippen molar-refractivity contribution in [3.8, 4) is 5.75 Å². The molecule has 0 aromatic heterocycles. The standard InChI is InChI=1S/C11H13NO5/c12-8-3-1-2-4-9(8)17-7-11(15)16-6-5-10(13)14/h1-4H,5-7,12H2,(H,13,14). The molecule has 1 aromatic carbocycles. The Kier molecular flexibility index (Phi) is 4.80. The van der Waals surface area contributed by atoms with Crippen LogP contribution in [0.1, 0.15) is 6.42 Å².